The number of hydrogen-bond donors (Lipinski definition) is 0. The molecule has 1 amide bonds. The molecule has 8 heteroatoms. The zero-order chi connectivity index (χ0) is 20.9. The second kappa shape index (κ2) is 9.28. The lowest BCUT2D eigenvalue weighted by Crippen LogP contribution is -2.53. The van der Waals surface area contributed by atoms with E-state index >= 15 is 0 Å². The third-order valence-corrected chi connectivity index (χ3v) is 6.64. The maximum atomic E-state index is 12.9. The number of nitrogens with zero attached hydrogens (tertiary/aromatic N) is 2. The van der Waals surface area contributed by atoms with Crippen molar-refractivity contribution in [3.8, 4) is 11.5 Å². The summed E-state index contributed by atoms with van der Waals surface area (Å²) >= 11 is 0. The van der Waals surface area contributed by atoms with Gasteiger partial charge in [-0.15, -0.1) is 0 Å². The van der Waals surface area contributed by atoms with Gasteiger partial charge in [0.15, 0.2) is 6.10 Å². The Morgan fingerprint density at radius 2 is 1.59 bits per heavy atom. The Morgan fingerprint density at radius 3 is 2.17 bits per heavy atom. The summed E-state index contributed by atoms with van der Waals surface area (Å²) in [5.74, 6) is 1.12. The van der Waals surface area contributed by atoms with Crippen molar-refractivity contribution in [3.05, 3.63) is 54.6 Å². The number of amides is 1. The van der Waals surface area contributed by atoms with E-state index in [2.05, 4.69) is 0 Å². The lowest BCUT2D eigenvalue weighted by molar-refractivity contribution is -0.139. The van der Waals surface area contributed by atoms with Crippen LogP contribution in [0.5, 0.6) is 11.5 Å². The van der Waals surface area contributed by atoms with E-state index in [1.165, 1.54) is 4.31 Å². The van der Waals surface area contributed by atoms with E-state index in [-0.39, 0.29) is 23.9 Å². The van der Waals surface area contributed by atoms with Crippen molar-refractivity contribution in [2.75, 3.05) is 32.8 Å². The van der Waals surface area contributed by atoms with Crippen LogP contribution >= 0.6 is 0 Å². The molecule has 0 unspecified atom stereocenters. The standard InChI is InChI=1S/C21H26N2O5S/c1-3-27-18-9-11-20(12-10-18)29(25,26)23-15-13-22(14-16-23)21(24)17(2)28-19-7-5-4-6-8-19/h4-12,17H,3,13-16H2,1-2H3/t17-/m0/s1. The van der Waals surface area contributed by atoms with Crippen LogP contribution < -0.4 is 9.47 Å². The van der Waals surface area contributed by atoms with Crippen molar-refractivity contribution in [2.24, 2.45) is 0 Å². The first-order chi connectivity index (χ1) is 13.9. The molecule has 1 fully saturated rings. The number of carbonyl (C=O) groups is 1. The van der Waals surface area contributed by atoms with E-state index in [1.54, 1.807) is 48.2 Å². The van der Waals surface area contributed by atoms with Gasteiger partial charge in [-0.1, -0.05) is 18.2 Å². The third kappa shape index (κ3) is 5.07. The van der Waals surface area contributed by atoms with E-state index in [0.29, 0.717) is 31.2 Å². The van der Waals surface area contributed by atoms with Crippen molar-refractivity contribution in [3.63, 3.8) is 0 Å². The molecule has 7 nitrogen and oxygen atoms in total. The molecule has 29 heavy (non-hydrogen) atoms. The largest absolute Gasteiger partial charge is 0.494 e. The minimum atomic E-state index is -3.60. The highest BCUT2D eigenvalue weighted by Gasteiger charge is 2.32. The predicted octanol–water partition coefficient (Wildman–Crippen LogP) is 2.39. The lowest BCUT2D eigenvalue weighted by atomic mass is 10.3. The van der Waals surface area contributed by atoms with Crippen molar-refractivity contribution >= 4 is 15.9 Å². The SMILES string of the molecule is CCOc1ccc(S(=O)(=O)N2CCN(C(=O)[C@H](C)Oc3ccccc3)CC2)cc1. The Balaban J connectivity index is 1.58. The van der Waals surface area contributed by atoms with Gasteiger partial charge in [-0.2, -0.15) is 4.31 Å². The summed E-state index contributed by atoms with van der Waals surface area (Å²) < 4.78 is 38.2. The molecular weight excluding hydrogens is 392 g/mol. The van der Waals surface area contributed by atoms with Gasteiger partial charge in [0.25, 0.3) is 5.91 Å². The molecule has 2 aromatic rings. The second-order valence-electron chi connectivity index (χ2n) is 6.71. The molecule has 156 valence electrons. The fourth-order valence-corrected chi connectivity index (χ4v) is 4.61. The predicted molar refractivity (Wildman–Crippen MR) is 109 cm³/mol. The van der Waals surface area contributed by atoms with Crippen LogP contribution in [-0.2, 0) is 14.8 Å². The second-order valence-corrected chi connectivity index (χ2v) is 8.64. The number of benzene rings is 2. The van der Waals surface area contributed by atoms with E-state index in [1.807, 2.05) is 25.1 Å². The van der Waals surface area contributed by atoms with Crippen molar-refractivity contribution in [2.45, 2.75) is 24.8 Å². The van der Waals surface area contributed by atoms with Gasteiger partial charge in [-0.3, -0.25) is 4.79 Å². The average molecular weight is 419 g/mol. The molecule has 1 aliphatic rings. The molecule has 0 N–H and O–H groups in total. The molecular formula is C21H26N2O5S. The maximum absolute atomic E-state index is 12.9. The molecule has 1 heterocycles. The smallest absolute Gasteiger partial charge is 0.263 e. The number of ether oxygens (including phenoxy) is 2. The fourth-order valence-electron chi connectivity index (χ4n) is 3.18. The molecule has 0 aliphatic carbocycles. The zero-order valence-electron chi connectivity index (χ0n) is 16.7. The number of carbonyl (C=O) groups excluding carboxylic acids is 1. The number of sulfonamides is 1. The van der Waals surface area contributed by atoms with E-state index < -0.39 is 16.1 Å². The topological polar surface area (TPSA) is 76.2 Å². The van der Waals surface area contributed by atoms with E-state index in [4.69, 9.17) is 9.47 Å². The van der Waals surface area contributed by atoms with Gasteiger partial charge >= 0.3 is 0 Å². The first-order valence-corrected chi connectivity index (χ1v) is 11.1. The minimum absolute atomic E-state index is 0.146. The molecule has 0 saturated carbocycles. The molecule has 0 bridgehead atoms. The van der Waals surface area contributed by atoms with E-state index in [0.717, 1.165) is 0 Å². The Morgan fingerprint density at radius 1 is 0.966 bits per heavy atom. The van der Waals surface area contributed by atoms with Crippen LogP contribution in [0.2, 0.25) is 0 Å². The van der Waals surface area contributed by atoms with Crippen molar-refractivity contribution in [1.82, 2.24) is 9.21 Å². The average Bonchev–Trinajstić information content (AvgIpc) is 2.74. The highest BCUT2D eigenvalue weighted by atomic mass is 32.2. The Bertz CT molecular complexity index is 908. The quantitative estimate of drug-likeness (QED) is 0.690. The summed E-state index contributed by atoms with van der Waals surface area (Å²) in [6, 6.07) is 15.6. The van der Waals surface area contributed by atoms with Crippen LogP contribution in [0.25, 0.3) is 0 Å². The lowest BCUT2D eigenvalue weighted by Gasteiger charge is -2.35. The minimum Gasteiger partial charge on any atom is -0.494 e. The number of rotatable bonds is 7. The summed E-state index contributed by atoms with van der Waals surface area (Å²) in [7, 11) is -3.60. The van der Waals surface area contributed by atoms with Crippen LogP contribution in [0, 0.1) is 0 Å². The highest BCUT2D eigenvalue weighted by Crippen LogP contribution is 2.21. The van der Waals surface area contributed by atoms with Gasteiger partial charge in [-0.05, 0) is 50.2 Å². The number of piperazine rings is 1. The van der Waals surface area contributed by atoms with E-state index in [9.17, 15) is 13.2 Å². The molecule has 0 aromatic heterocycles. The summed E-state index contributed by atoms with van der Waals surface area (Å²) in [5, 5.41) is 0. The molecule has 0 spiro atoms. The zero-order valence-corrected chi connectivity index (χ0v) is 17.5. The fraction of sp³-hybridized carbons (Fsp3) is 0.381. The van der Waals surface area contributed by atoms with Gasteiger partial charge in [-0.25, -0.2) is 8.42 Å². The van der Waals surface area contributed by atoms with Crippen LogP contribution in [-0.4, -0.2) is 62.4 Å². The van der Waals surface area contributed by atoms with Gasteiger partial charge in [0.2, 0.25) is 10.0 Å². The summed E-state index contributed by atoms with van der Waals surface area (Å²) in [6.45, 7) is 5.26. The van der Waals surface area contributed by atoms with Gasteiger partial charge in [0.05, 0.1) is 11.5 Å². The Kier molecular flexibility index (Phi) is 6.76. The van der Waals surface area contributed by atoms with Gasteiger partial charge in [0.1, 0.15) is 11.5 Å². The highest BCUT2D eigenvalue weighted by molar-refractivity contribution is 7.89. The van der Waals surface area contributed by atoms with Gasteiger partial charge in [0, 0.05) is 26.2 Å². The third-order valence-electron chi connectivity index (χ3n) is 4.73. The van der Waals surface area contributed by atoms with Crippen LogP contribution in [0.15, 0.2) is 59.5 Å². The molecule has 1 aliphatic heterocycles. The number of hydrogen-bond acceptors (Lipinski definition) is 5. The monoisotopic (exact) mass is 418 g/mol. The Labute approximate surface area is 171 Å². The maximum Gasteiger partial charge on any atom is 0.263 e. The first-order valence-electron chi connectivity index (χ1n) is 9.65. The summed E-state index contributed by atoms with van der Waals surface area (Å²) in [6.07, 6.45) is -0.633. The normalized spacial score (nSPS) is 16.3. The van der Waals surface area contributed by atoms with Gasteiger partial charge < -0.3 is 14.4 Å². The molecule has 2 aromatic carbocycles. The molecule has 1 atom stereocenters. The Hall–Kier alpha value is -2.58. The number of para-hydroxylation sites is 1. The molecule has 0 radical (unpaired) electrons. The van der Waals surface area contributed by atoms with Crippen LogP contribution in [0.1, 0.15) is 13.8 Å². The van der Waals surface area contributed by atoms with Crippen molar-refractivity contribution in [1.29, 1.82) is 0 Å². The molecule has 3 rings (SSSR count). The first kappa shape index (κ1) is 21.1. The van der Waals surface area contributed by atoms with Crippen LogP contribution in [0.3, 0.4) is 0 Å². The van der Waals surface area contributed by atoms with Crippen LogP contribution in [0.4, 0.5) is 0 Å². The molecule has 1 saturated heterocycles. The summed E-state index contributed by atoms with van der Waals surface area (Å²) in [4.78, 5) is 14.5. The summed E-state index contributed by atoms with van der Waals surface area (Å²) in [5.41, 5.74) is 0. The van der Waals surface area contributed by atoms with Crippen molar-refractivity contribution < 1.29 is 22.7 Å².